The van der Waals surface area contributed by atoms with Gasteiger partial charge in [-0.05, 0) is 49.4 Å². The second-order valence-electron chi connectivity index (χ2n) is 5.51. The molecular formula is C16H23ClFNO. The van der Waals surface area contributed by atoms with Gasteiger partial charge in [0.05, 0.1) is 12.1 Å². The Morgan fingerprint density at radius 2 is 2.05 bits per heavy atom. The highest BCUT2D eigenvalue weighted by Crippen LogP contribution is 2.35. The monoisotopic (exact) mass is 299 g/mol. The molecule has 0 saturated heterocycles. The maximum atomic E-state index is 13.4. The Bertz CT molecular complexity index is 434. The molecule has 0 aliphatic heterocycles. The van der Waals surface area contributed by atoms with E-state index >= 15 is 0 Å². The molecule has 2 N–H and O–H groups in total. The average Bonchev–Trinajstić information content (AvgIpc) is 2.47. The largest absolute Gasteiger partial charge is 0.376 e. The zero-order valence-electron chi connectivity index (χ0n) is 11.9. The van der Waals surface area contributed by atoms with Crippen LogP contribution in [0, 0.1) is 11.7 Å². The van der Waals surface area contributed by atoms with Gasteiger partial charge in [-0.3, -0.25) is 0 Å². The zero-order chi connectivity index (χ0) is 14.5. The predicted octanol–water partition coefficient (Wildman–Crippen LogP) is 4.46. The van der Waals surface area contributed by atoms with E-state index in [1.54, 1.807) is 6.07 Å². The van der Waals surface area contributed by atoms with Crippen molar-refractivity contribution in [2.24, 2.45) is 11.7 Å². The van der Waals surface area contributed by atoms with Gasteiger partial charge in [0.2, 0.25) is 0 Å². The molecule has 0 aromatic heterocycles. The molecule has 1 aromatic carbocycles. The van der Waals surface area contributed by atoms with Crippen molar-refractivity contribution in [2.75, 3.05) is 6.61 Å². The highest BCUT2D eigenvalue weighted by atomic mass is 35.5. The lowest BCUT2D eigenvalue weighted by atomic mass is 9.81. The fourth-order valence-corrected chi connectivity index (χ4v) is 3.38. The number of rotatable bonds is 5. The Morgan fingerprint density at radius 3 is 2.70 bits per heavy atom. The van der Waals surface area contributed by atoms with Crippen LogP contribution in [0.1, 0.15) is 50.6 Å². The lowest BCUT2D eigenvalue weighted by Crippen LogP contribution is -2.37. The van der Waals surface area contributed by atoms with Crippen molar-refractivity contribution in [2.45, 2.75) is 51.2 Å². The molecule has 1 aromatic rings. The van der Waals surface area contributed by atoms with Crippen LogP contribution < -0.4 is 5.73 Å². The molecule has 1 saturated carbocycles. The molecule has 4 heteroatoms. The smallest absolute Gasteiger partial charge is 0.123 e. The van der Waals surface area contributed by atoms with Crippen molar-refractivity contribution in [3.8, 4) is 0 Å². The fourth-order valence-electron chi connectivity index (χ4n) is 3.14. The summed E-state index contributed by atoms with van der Waals surface area (Å²) in [5.41, 5.74) is 7.00. The average molecular weight is 300 g/mol. The van der Waals surface area contributed by atoms with Crippen LogP contribution in [0.25, 0.3) is 0 Å². The van der Waals surface area contributed by atoms with E-state index in [1.165, 1.54) is 31.4 Å². The maximum Gasteiger partial charge on any atom is 0.123 e. The van der Waals surface area contributed by atoms with Crippen LogP contribution in [-0.4, -0.2) is 12.7 Å². The number of hydrogen-bond donors (Lipinski definition) is 1. The lowest BCUT2D eigenvalue weighted by molar-refractivity contribution is -0.00988. The predicted molar refractivity (Wildman–Crippen MR) is 80.3 cm³/mol. The summed E-state index contributed by atoms with van der Waals surface area (Å²) in [4.78, 5) is 0. The summed E-state index contributed by atoms with van der Waals surface area (Å²) >= 11 is 6.17. The highest BCUT2D eigenvalue weighted by molar-refractivity contribution is 6.31. The number of benzene rings is 1. The quantitative estimate of drug-likeness (QED) is 0.871. The zero-order valence-corrected chi connectivity index (χ0v) is 12.7. The SMILES string of the molecule is CCOC(C1CCCCC1)C(N)c1cc(F)ccc1Cl. The number of ether oxygens (including phenoxy) is 1. The first kappa shape index (κ1) is 15.7. The van der Waals surface area contributed by atoms with Crippen molar-refractivity contribution in [1.29, 1.82) is 0 Å². The fraction of sp³-hybridized carbons (Fsp3) is 0.625. The molecule has 0 radical (unpaired) electrons. The van der Waals surface area contributed by atoms with E-state index < -0.39 is 0 Å². The Balaban J connectivity index is 2.20. The number of nitrogens with two attached hydrogens (primary N) is 1. The first-order chi connectivity index (χ1) is 9.63. The molecule has 2 rings (SSSR count). The molecule has 0 bridgehead atoms. The summed E-state index contributed by atoms with van der Waals surface area (Å²) in [5.74, 6) is 0.136. The summed E-state index contributed by atoms with van der Waals surface area (Å²) in [7, 11) is 0. The summed E-state index contributed by atoms with van der Waals surface area (Å²) in [6.07, 6.45) is 5.90. The second-order valence-corrected chi connectivity index (χ2v) is 5.92. The van der Waals surface area contributed by atoms with Crippen LogP contribution in [0.3, 0.4) is 0 Å². The van der Waals surface area contributed by atoms with E-state index in [9.17, 15) is 4.39 Å². The van der Waals surface area contributed by atoms with Gasteiger partial charge in [-0.15, -0.1) is 0 Å². The minimum atomic E-state index is -0.374. The van der Waals surface area contributed by atoms with Gasteiger partial charge in [-0.25, -0.2) is 4.39 Å². The van der Waals surface area contributed by atoms with Crippen LogP contribution in [0.2, 0.25) is 5.02 Å². The van der Waals surface area contributed by atoms with E-state index in [-0.39, 0.29) is 18.0 Å². The van der Waals surface area contributed by atoms with E-state index in [2.05, 4.69) is 0 Å². The lowest BCUT2D eigenvalue weighted by Gasteiger charge is -2.34. The van der Waals surface area contributed by atoms with Gasteiger partial charge in [0.25, 0.3) is 0 Å². The summed E-state index contributed by atoms with van der Waals surface area (Å²) in [6, 6.07) is 3.98. The first-order valence-corrected chi connectivity index (χ1v) is 7.83. The van der Waals surface area contributed by atoms with Gasteiger partial charge in [0.15, 0.2) is 0 Å². The Morgan fingerprint density at radius 1 is 1.35 bits per heavy atom. The third-order valence-corrected chi connectivity index (χ3v) is 4.49. The molecule has 2 atom stereocenters. The van der Waals surface area contributed by atoms with E-state index in [0.29, 0.717) is 23.1 Å². The molecule has 112 valence electrons. The van der Waals surface area contributed by atoms with Gasteiger partial charge >= 0.3 is 0 Å². The molecule has 1 aliphatic rings. The minimum Gasteiger partial charge on any atom is -0.376 e. The molecule has 0 heterocycles. The van der Waals surface area contributed by atoms with Crippen molar-refractivity contribution >= 4 is 11.6 Å². The van der Waals surface area contributed by atoms with Gasteiger partial charge in [0, 0.05) is 11.6 Å². The normalized spacial score (nSPS) is 19.8. The van der Waals surface area contributed by atoms with Gasteiger partial charge in [-0.1, -0.05) is 30.9 Å². The third-order valence-electron chi connectivity index (χ3n) is 4.14. The molecule has 2 unspecified atom stereocenters. The Hall–Kier alpha value is -0.640. The van der Waals surface area contributed by atoms with E-state index in [0.717, 1.165) is 12.8 Å². The Labute approximate surface area is 125 Å². The molecular weight excluding hydrogens is 277 g/mol. The van der Waals surface area contributed by atoms with Gasteiger partial charge in [0.1, 0.15) is 5.82 Å². The summed E-state index contributed by atoms with van der Waals surface area (Å²) in [6.45, 7) is 2.58. The Kier molecular flexibility index (Phi) is 5.82. The van der Waals surface area contributed by atoms with Gasteiger partial charge < -0.3 is 10.5 Å². The highest BCUT2D eigenvalue weighted by Gasteiger charge is 2.31. The van der Waals surface area contributed by atoms with Crippen molar-refractivity contribution in [3.05, 3.63) is 34.6 Å². The second kappa shape index (κ2) is 7.39. The van der Waals surface area contributed by atoms with Crippen LogP contribution >= 0.6 is 11.6 Å². The maximum absolute atomic E-state index is 13.4. The number of halogens is 2. The molecule has 0 spiro atoms. The van der Waals surface area contributed by atoms with Crippen molar-refractivity contribution in [3.63, 3.8) is 0 Å². The van der Waals surface area contributed by atoms with E-state index in [1.807, 2.05) is 6.92 Å². The third kappa shape index (κ3) is 3.72. The van der Waals surface area contributed by atoms with Crippen LogP contribution in [0.5, 0.6) is 0 Å². The van der Waals surface area contributed by atoms with Crippen LogP contribution in [-0.2, 0) is 4.74 Å². The van der Waals surface area contributed by atoms with E-state index in [4.69, 9.17) is 22.1 Å². The molecule has 1 aliphatic carbocycles. The molecule has 0 amide bonds. The molecule has 2 nitrogen and oxygen atoms in total. The number of hydrogen-bond acceptors (Lipinski definition) is 2. The standard InChI is InChI=1S/C16H23ClFNO/c1-2-20-16(11-6-4-3-5-7-11)15(19)13-10-12(18)8-9-14(13)17/h8-11,15-16H,2-7,19H2,1H3. The molecule has 1 fully saturated rings. The first-order valence-electron chi connectivity index (χ1n) is 7.45. The topological polar surface area (TPSA) is 35.2 Å². The van der Waals surface area contributed by atoms with Crippen LogP contribution in [0.4, 0.5) is 4.39 Å². The van der Waals surface area contributed by atoms with Gasteiger partial charge in [-0.2, -0.15) is 0 Å². The molecule has 20 heavy (non-hydrogen) atoms. The summed E-state index contributed by atoms with van der Waals surface area (Å²) < 4.78 is 19.3. The van der Waals surface area contributed by atoms with Crippen LogP contribution in [0.15, 0.2) is 18.2 Å². The summed E-state index contributed by atoms with van der Waals surface area (Å²) in [5, 5.41) is 0.513. The minimum absolute atomic E-state index is 0.0837. The van der Waals surface area contributed by atoms with Crippen molar-refractivity contribution in [1.82, 2.24) is 0 Å². The van der Waals surface area contributed by atoms with Crippen molar-refractivity contribution < 1.29 is 9.13 Å².